The van der Waals surface area contributed by atoms with Gasteiger partial charge in [-0.15, -0.1) is 0 Å². The van der Waals surface area contributed by atoms with E-state index in [9.17, 15) is 4.79 Å². The monoisotopic (exact) mass is 252 g/mol. The summed E-state index contributed by atoms with van der Waals surface area (Å²) in [5, 5.41) is 3.42. The lowest BCUT2D eigenvalue weighted by Crippen LogP contribution is -2.37. The zero-order valence-electron chi connectivity index (χ0n) is 10.1. The molecule has 0 unspecified atom stereocenters. The Morgan fingerprint density at radius 1 is 1.29 bits per heavy atom. The molecule has 0 aliphatic carbocycles. The highest BCUT2D eigenvalue weighted by Gasteiger charge is 2.05. The van der Waals surface area contributed by atoms with Gasteiger partial charge in [-0.1, -0.05) is 23.7 Å². The fraction of sp³-hybridized carbons (Fsp3) is 0.308. The first-order chi connectivity index (χ1) is 8.17. The summed E-state index contributed by atoms with van der Waals surface area (Å²) in [6.45, 7) is 5.31. The SMILES string of the molecule is CCN(CC)C(=O)N/C=C/c1ccc(Cl)cc1. The van der Waals surface area contributed by atoms with Gasteiger partial charge in [-0.2, -0.15) is 0 Å². The lowest BCUT2D eigenvalue weighted by molar-refractivity contribution is 0.207. The first-order valence-electron chi connectivity index (χ1n) is 5.65. The molecule has 0 aliphatic heterocycles. The third-order valence-corrected chi connectivity index (χ3v) is 2.66. The van der Waals surface area contributed by atoms with E-state index in [0.717, 1.165) is 5.56 Å². The molecular weight excluding hydrogens is 236 g/mol. The Hall–Kier alpha value is -1.48. The van der Waals surface area contributed by atoms with Gasteiger partial charge in [0.25, 0.3) is 0 Å². The number of urea groups is 1. The third-order valence-electron chi connectivity index (χ3n) is 2.40. The van der Waals surface area contributed by atoms with E-state index in [-0.39, 0.29) is 6.03 Å². The summed E-state index contributed by atoms with van der Waals surface area (Å²) < 4.78 is 0. The maximum atomic E-state index is 11.6. The number of carbonyl (C=O) groups excluding carboxylic acids is 1. The van der Waals surface area contributed by atoms with Gasteiger partial charge < -0.3 is 10.2 Å². The molecule has 0 aliphatic rings. The minimum atomic E-state index is -0.0831. The van der Waals surface area contributed by atoms with Gasteiger partial charge in [-0.25, -0.2) is 4.79 Å². The van der Waals surface area contributed by atoms with Crippen LogP contribution in [0.2, 0.25) is 5.02 Å². The molecule has 0 saturated carbocycles. The minimum Gasteiger partial charge on any atom is -0.325 e. The topological polar surface area (TPSA) is 32.3 Å². The van der Waals surface area contributed by atoms with Crippen LogP contribution in [0.25, 0.3) is 6.08 Å². The van der Waals surface area contributed by atoms with Gasteiger partial charge in [-0.3, -0.25) is 0 Å². The highest BCUT2D eigenvalue weighted by molar-refractivity contribution is 6.30. The predicted octanol–water partition coefficient (Wildman–Crippen LogP) is 3.36. The van der Waals surface area contributed by atoms with E-state index in [0.29, 0.717) is 18.1 Å². The largest absolute Gasteiger partial charge is 0.325 e. The van der Waals surface area contributed by atoms with Gasteiger partial charge in [0, 0.05) is 24.3 Å². The molecule has 0 aromatic heterocycles. The molecule has 92 valence electrons. The number of halogens is 1. The molecule has 0 atom stereocenters. The molecule has 2 amide bonds. The number of nitrogens with one attached hydrogen (secondary N) is 1. The Labute approximate surface area is 107 Å². The van der Waals surface area contributed by atoms with Crippen LogP contribution in [0.3, 0.4) is 0 Å². The molecule has 1 N–H and O–H groups in total. The average Bonchev–Trinajstić information content (AvgIpc) is 2.33. The van der Waals surface area contributed by atoms with E-state index < -0.39 is 0 Å². The van der Waals surface area contributed by atoms with Gasteiger partial charge in [0.05, 0.1) is 0 Å². The smallest absolute Gasteiger partial charge is 0.321 e. The van der Waals surface area contributed by atoms with Crippen LogP contribution in [-0.2, 0) is 0 Å². The Bertz CT molecular complexity index is 383. The molecule has 0 radical (unpaired) electrons. The fourth-order valence-corrected chi connectivity index (χ4v) is 1.51. The first kappa shape index (κ1) is 13.6. The van der Waals surface area contributed by atoms with E-state index in [1.54, 1.807) is 11.1 Å². The zero-order chi connectivity index (χ0) is 12.7. The van der Waals surface area contributed by atoms with Gasteiger partial charge in [0.15, 0.2) is 0 Å². The summed E-state index contributed by atoms with van der Waals surface area (Å²) in [5.74, 6) is 0. The molecule has 1 rings (SSSR count). The quantitative estimate of drug-likeness (QED) is 0.876. The second-order valence-electron chi connectivity index (χ2n) is 3.51. The summed E-state index contributed by atoms with van der Waals surface area (Å²) in [7, 11) is 0. The molecule has 0 saturated heterocycles. The second kappa shape index (κ2) is 6.97. The first-order valence-corrected chi connectivity index (χ1v) is 6.02. The molecule has 17 heavy (non-hydrogen) atoms. The van der Waals surface area contributed by atoms with Gasteiger partial charge in [0.2, 0.25) is 0 Å². The number of rotatable bonds is 4. The molecule has 1 aromatic rings. The van der Waals surface area contributed by atoms with Crippen LogP contribution in [0, 0.1) is 0 Å². The number of nitrogens with zero attached hydrogens (tertiary/aromatic N) is 1. The third kappa shape index (κ3) is 4.49. The van der Waals surface area contributed by atoms with Crippen LogP contribution in [0.15, 0.2) is 30.5 Å². The van der Waals surface area contributed by atoms with E-state index in [4.69, 9.17) is 11.6 Å². The van der Waals surface area contributed by atoms with Crippen molar-refractivity contribution in [1.29, 1.82) is 0 Å². The molecule has 4 heteroatoms. The van der Waals surface area contributed by atoms with Crippen LogP contribution in [0.5, 0.6) is 0 Å². The highest BCUT2D eigenvalue weighted by atomic mass is 35.5. The van der Waals surface area contributed by atoms with E-state index >= 15 is 0 Å². The minimum absolute atomic E-state index is 0.0831. The van der Waals surface area contributed by atoms with Crippen molar-refractivity contribution in [2.45, 2.75) is 13.8 Å². The average molecular weight is 253 g/mol. The van der Waals surface area contributed by atoms with Crippen LogP contribution >= 0.6 is 11.6 Å². The van der Waals surface area contributed by atoms with Crippen molar-refractivity contribution in [3.05, 3.63) is 41.1 Å². The van der Waals surface area contributed by atoms with Crippen molar-refractivity contribution in [2.75, 3.05) is 13.1 Å². The van der Waals surface area contributed by atoms with Crippen molar-refractivity contribution >= 4 is 23.7 Å². The summed E-state index contributed by atoms with van der Waals surface area (Å²) in [6, 6.07) is 7.33. The van der Waals surface area contributed by atoms with E-state index in [2.05, 4.69) is 5.32 Å². The van der Waals surface area contributed by atoms with E-state index in [1.807, 2.05) is 44.2 Å². The van der Waals surface area contributed by atoms with Crippen molar-refractivity contribution in [3.63, 3.8) is 0 Å². The van der Waals surface area contributed by atoms with Gasteiger partial charge in [0.1, 0.15) is 0 Å². The second-order valence-corrected chi connectivity index (χ2v) is 3.94. The highest BCUT2D eigenvalue weighted by Crippen LogP contribution is 2.10. The number of hydrogen-bond acceptors (Lipinski definition) is 1. The van der Waals surface area contributed by atoms with Crippen molar-refractivity contribution in [1.82, 2.24) is 10.2 Å². The Morgan fingerprint density at radius 3 is 2.41 bits per heavy atom. The molecule has 0 bridgehead atoms. The number of amides is 2. The summed E-state index contributed by atoms with van der Waals surface area (Å²) in [4.78, 5) is 13.3. The summed E-state index contributed by atoms with van der Waals surface area (Å²) in [6.07, 6.45) is 3.47. The van der Waals surface area contributed by atoms with Gasteiger partial charge >= 0.3 is 6.03 Å². The normalized spacial score (nSPS) is 10.5. The number of carbonyl (C=O) groups is 1. The molecule has 0 heterocycles. The molecule has 3 nitrogen and oxygen atoms in total. The summed E-state index contributed by atoms with van der Waals surface area (Å²) in [5.41, 5.74) is 0.995. The Kier molecular flexibility index (Phi) is 5.57. The summed E-state index contributed by atoms with van der Waals surface area (Å²) >= 11 is 5.77. The molecule has 0 fully saturated rings. The fourth-order valence-electron chi connectivity index (χ4n) is 1.39. The standard InChI is InChI=1S/C13H17ClN2O/c1-3-16(4-2)13(17)15-10-9-11-5-7-12(14)8-6-11/h5-10H,3-4H2,1-2H3,(H,15,17)/b10-9+. The molecular formula is C13H17ClN2O. The number of benzene rings is 1. The van der Waals surface area contributed by atoms with Crippen molar-refractivity contribution < 1.29 is 4.79 Å². The van der Waals surface area contributed by atoms with Crippen LogP contribution in [-0.4, -0.2) is 24.0 Å². The molecule has 0 spiro atoms. The lowest BCUT2D eigenvalue weighted by atomic mass is 10.2. The van der Waals surface area contributed by atoms with E-state index in [1.165, 1.54) is 0 Å². The van der Waals surface area contributed by atoms with Crippen molar-refractivity contribution in [3.8, 4) is 0 Å². The molecule has 1 aromatic carbocycles. The van der Waals surface area contributed by atoms with Crippen molar-refractivity contribution in [2.24, 2.45) is 0 Å². The van der Waals surface area contributed by atoms with Crippen LogP contribution < -0.4 is 5.32 Å². The lowest BCUT2D eigenvalue weighted by Gasteiger charge is -2.17. The number of hydrogen-bond donors (Lipinski definition) is 1. The van der Waals surface area contributed by atoms with Gasteiger partial charge in [-0.05, 0) is 37.6 Å². The maximum Gasteiger partial charge on any atom is 0.321 e. The Morgan fingerprint density at radius 2 is 1.88 bits per heavy atom. The zero-order valence-corrected chi connectivity index (χ0v) is 10.9. The van der Waals surface area contributed by atoms with Crippen LogP contribution in [0.1, 0.15) is 19.4 Å². The Balaban J connectivity index is 2.50. The van der Waals surface area contributed by atoms with Crippen LogP contribution in [0.4, 0.5) is 4.79 Å². The maximum absolute atomic E-state index is 11.6. The predicted molar refractivity (Wildman–Crippen MR) is 71.9 cm³/mol.